The first-order valence-electron chi connectivity index (χ1n) is 1.65. The number of H-pyrrole nitrogens is 1. The van der Waals surface area contributed by atoms with Gasteiger partial charge in [0, 0.05) is 0 Å². The molecule has 1 N–H and O–H groups in total. The van der Waals surface area contributed by atoms with E-state index in [0.717, 1.165) is 0 Å². The summed E-state index contributed by atoms with van der Waals surface area (Å²) in [6.07, 6.45) is 1.38. The van der Waals surface area contributed by atoms with Gasteiger partial charge >= 0.3 is 0 Å². The summed E-state index contributed by atoms with van der Waals surface area (Å²) in [6.45, 7) is 0. The average Bonchev–Trinajstić information content (AvgIpc) is 2.14. The van der Waals surface area contributed by atoms with Crippen LogP contribution in [0.5, 0.6) is 0 Å². The van der Waals surface area contributed by atoms with Gasteiger partial charge in [-0.05, 0) is 5.53 Å². The van der Waals surface area contributed by atoms with Gasteiger partial charge in [0.05, 0.1) is 6.20 Å². The largest absolute Gasteiger partial charge is 0.263 e. The molecule has 0 aromatic carbocycles. The van der Waals surface area contributed by atoms with Crippen LogP contribution >= 0.6 is 0 Å². The van der Waals surface area contributed by atoms with E-state index in [9.17, 15) is 0 Å². The van der Waals surface area contributed by atoms with Crippen molar-refractivity contribution in [2.75, 3.05) is 0 Å². The summed E-state index contributed by atoms with van der Waals surface area (Å²) in [6, 6.07) is 0. The van der Waals surface area contributed by atoms with Crippen LogP contribution in [0, 0.1) is 0 Å². The highest BCUT2D eigenvalue weighted by Crippen LogP contribution is 1.96. The van der Waals surface area contributed by atoms with Crippen molar-refractivity contribution in [1.82, 2.24) is 20.9 Å². The Morgan fingerprint density at radius 1 is 1.86 bits per heavy atom. The van der Waals surface area contributed by atoms with Crippen molar-refractivity contribution in [3.63, 3.8) is 0 Å². The van der Waals surface area contributed by atoms with Gasteiger partial charge in [-0.3, -0.25) is 5.10 Å². The van der Waals surface area contributed by atoms with Crippen LogP contribution in [-0.4, -0.2) is 15.4 Å². The minimum Gasteiger partial charge on any atom is -0.263 e. The van der Waals surface area contributed by atoms with E-state index in [1.807, 2.05) is 0 Å². The van der Waals surface area contributed by atoms with Gasteiger partial charge in [-0.15, -0.1) is 10.2 Å². The summed E-state index contributed by atoms with van der Waals surface area (Å²) in [5.74, 6) is 0.194. The molecule has 1 aromatic rings. The molecule has 0 atom stereocenters. The lowest BCUT2D eigenvalue weighted by Gasteiger charge is -1.63. The molecule has 0 unspecified atom stereocenters. The van der Waals surface area contributed by atoms with Crippen molar-refractivity contribution in [1.29, 1.82) is 0 Å². The van der Waals surface area contributed by atoms with Gasteiger partial charge in [0.25, 0.3) is 0 Å². The van der Waals surface area contributed by atoms with Crippen LogP contribution in [0.3, 0.4) is 0 Å². The second kappa shape index (κ2) is 1.46. The Kier molecular flexibility index (Phi) is 0.816. The van der Waals surface area contributed by atoms with Crippen molar-refractivity contribution >= 4 is 5.82 Å². The second-order valence-corrected chi connectivity index (χ2v) is 0.932. The standard InChI is InChI=1S/C2H2N5/c3-5-2-1-4-7-6-2/h1H,(H,4,6,7). The Morgan fingerprint density at radius 3 is 3.00 bits per heavy atom. The maximum absolute atomic E-state index is 7.93. The Labute approximate surface area is 39.3 Å². The highest BCUT2D eigenvalue weighted by Gasteiger charge is 1.84. The molecule has 1 radical (unpaired) electrons. The minimum atomic E-state index is 0.194. The van der Waals surface area contributed by atoms with Gasteiger partial charge in [-0.1, -0.05) is 5.21 Å². The third kappa shape index (κ3) is 0.594. The summed E-state index contributed by atoms with van der Waals surface area (Å²) < 4.78 is 0. The SMILES string of the molecule is [N]=Nc1c[nH]nn1. The Morgan fingerprint density at radius 2 is 2.71 bits per heavy atom. The van der Waals surface area contributed by atoms with E-state index in [4.69, 9.17) is 5.53 Å². The number of nitrogens with zero attached hydrogens (tertiary/aromatic N) is 4. The highest BCUT2D eigenvalue weighted by molar-refractivity contribution is 5.16. The van der Waals surface area contributed by atoms with E-state index >= 15 is 0 Å². The van der Waals surface area contributed by atoms with E-state index < -0.39 is 0 Å². The van der Waals surface area contributed by atoms with Crippen LogP contribution in [0.2, 0.25) is 0 Å². The lowest BCUT2D eigenvalue weighted by Crippen LogP contribution is -1.64. The molecule has 0 bridgehead atoms. The summed E-state index contributed by atoms with van der Waals surface area (Å²) in [4.78, 5) is 0. The Hall–Kier alpha value is -1.26. The molecule has 1 heterocycles. The zero-order valence-corrected chi connectivity index (χ0v) is 3.37. The maximum atomic E-state index is 7.93. The van der Waals surface area contributed by atoms with Gasteiger partial charge in [0.15, 0.2) is 0 Å². The number of nitrogens with one attached hydrogen (secondary N) is 1. The van der Waals surface area contributed by atoms with Crippen LogP contribution < -0.4 is 5.53 Å². The molecule has 1 aromatic heterocycles. The van der Waals surface area contributed by atoms with Crippen molar-refractivity contribution in [2.45, 2.75) is 0 Å². The molecule has 5 heteroatoms. The van der Waals surface area contributed by atoms with E-state index in [2.05, 4.69) is 20.5 Å². The first-order valence-corrected chi connectivity index (χ1v) is 1.65. The number of aromatic amines is 1. The summed E-state index contributed by atoms with van der Waals surface area (Å²) in [7, 11) is 0. The summed E-state index contributed by atoms with van der Waals surface area (Å²) >= 11 is 0. The second-order valence-electron chi connectivity index (χ2n) is 0.932. The maximum Gasteiger partial charge on any atom is 0.217 e. The molecule has 0 saturated carbocycles. The number of aromatic nitrogens is 3. The normalized spacial score (nSPS) is 8.57. The van der Waals surface area contributed by atoms with Crippen LogP contribution in [0.1, 0.15) is 0 Å². The quantitative estimate of drug-likeness (QED) is 0.487. The zero-order chi connectivity index (χ0) is 5.11. The molecule has 35 valence electrons. The first kappa shape index (κ1) is 3.91. The van der Waals surface area contributed by atoms with Crippen molar-refractivity contribution in [3.05, 3.63) is 6.20 Å². The topological polar surface area (TPSA) is 76.2 Å². The van der Waals surface area contributed by atoms with Gasteiger partial charge in [0.2, 0.25) is 5.82 Å². The summed E-state index contributed by atoms with van der Waals surface area (Å²) in [5, 5.41) is 11.7. The molecule has 1 rings (SSSR count). The third-order valence-electron chi connectivity index (χ3n) is 0.506. The number of hydrogen-bond donors (Lipinski definition) is 1. The molecule has 0 fully saturated rings. The molecule has 7 heavy (non-hydrogen) atoms. The predicted octanol–water partition coefficient (Wildman–Crippen LogP) is -0.312. The monoisotopic (exact) mass is 96.0 g/mol. The van der Waals surface area contributed by atoms with Gasteiger partial charge in [-0.2, -0.15) is 0 Å². The molecule has 0 aliphatic carbocycles. The molecule has 0 aliphatic heterocycles. The molecule has 0 aliphatic rings. The van der Waals surface area contributed by atoms with Gasteiger partial charge < -0.3 is 0 Å². The molecular weight excluding hydrogens is 94.1 g/mol. The average molecular weight is 96.1 g/mol. The fraction of sp³-hybridized carbons (Fsp3) is 0. The van der Waals surface area contributed by atoms with Crippen LogP contribution in [0.4, 0.5) is 5.82 Å². The Balaban J connectivity index is 2.96. The molecule has 0 saturated heterocycles. The fourth-order valence-corrected chi connectivity index (χ4v) is 0.244. The van der Waals surface area contributed by atoms with E-state index in [1.165, 1.54) is 6.20 Å². The lowest BCUT2D eigenvalue weighted by molar-refractivity contribution is 0.936. The first-order chi connectivity index (χ1) is 3.43. The Bertz CT molecular complexity index is 141. The summed E-state index contributed by atoms with van der Waals surface area (Å²) in [5.41, 5.74) is 7.93. The van der Waals surface area contributed by atoms with E-state index in [0.29, 0.717) is 0 Å². The molecular formula is C2H2N5. The van der Waals surface area contributed by atoms with Crippen molar-refractivity contribution < 1.29 is 0 Å². The van der Waals surface area contributed by atoms with Crippen molar-refractivity contribution in [3.8, 4) is 0 Å². The van der Waals surface area contributed by atoms with Crippen LogP contribution in [0.15, 0.2) is 11.3 Å². The van der Waals surface area contributed by atoms with Crippen LogP contribution in [0.25, 0.3) is 0 Å². The zero-order valence-electron chi connectivity index (χ0n) is 3.37. The molecule has 0 amide bonds. The van der Waals surface area contributed by atoms with Crippen LogP contribution in [-0.2, 0) is 0 Å². The van der Waals surface area contributed by atoms with Crippen molar-refractivity contribution in [2.24, 2.45) is 5.11 Å². The molecule has 0 spiro atoms. The molecule has 5 nitrogen and oxygen atoms in total. The third-order valence-corrected chi connectivity index (χ3v) is 0.506. The number of rotatable bonds is 1. The number of hydrogen-bond acceptors (Lipinski definition) is 3. The van der Waals surface area contributed by atoms with E-state index in [-0.39, 0.29) is 5.82 Å². The lowest BCUT2D eigenvalue weighted by atomic mass is 10.8. The smallest absolute Gasteiger partial charge is 0.217 e. The minimum absolute atomic E-state index is 0.194. The van der Waals surface area contributed by atoms with Gasteiger partial charge in [0.1, 0.15) is 0 Å². The highest BCUT2D eigenvalue weighted by atomic mass is 15.4. The predicted molar refractivity (Wildman–Crippen MR) is 20.6 cm³/mol. The van der Waals surface area contributed by atoms with E-state index in [1.54, 1.807) is 0 Å². The fourth-order valence-electron chi connectivity index (χ4n) is 0.244. The van der Waals surface area contributed by atoms with Gasteiger partial charge in [-0.25, -0.2) is 0 Å².